The fourth-order valence-corrected chi connectivity index (χ4v) is 2.51. The SMILES string of the molecule is CCOC(=O)[C@H](NC=O)[C@@](C)(O)CO[Si](C)(C)C(C)(C)C. The molecule has 0 rings (SSSR count). The van der Waals surface area contributed by atoms with Crippen molar-refractivity contribution in [3.63, 3.8) is 0 Å². The van der Waals surface area contributed by atoms with E-state index in [1.807, 2.05) is 0 Å². The van der Waals surface area contributed by atoms with Gasteiger partial charge in [0, 0.05) is 0 Å². The third-order valence-corrected chi connectivity index (χ3v) is 8.39. The Morgan fingerprint density at radius 3 is 2.24 bits per heavy atom. The van der Waals surface area contributed by atoms with Gasteiger partial charge in [-0.25, -0.2) is 4.79 Å². The fraction of sp³-hybridized carbons (Fsp3) is 0.857. The number of carbonyl (C=O) groups excluding carboxylic acids is 2. The van der Waals surface area contributed by atoms with Crippen LogP contribution in [0.3, 0.4) is 0 Å². The molecule has 124 valence electrons. The van der Waals surface area contributed by atoms with E-state index in [-0.39, 0.29) is 18.3 Å². The lowest BCUT2D eigenvalue weighted by molar-refractivity contribution is -0.155. The van der Waals surface area contributed by atoms with Crippen molar-refractivity contribution in [1.82, 2.24) is 5.32 Å². The van der Waals surface area contributed by atoms with Gasteiger partial charge in [-0.15, -0.1) is 0 Å². The predicted octanol–water partition coefficient (Wildman–Crippen LogP) is 1.44. The van der Waals surface area contributed by atoms with Gasteiger partial charge in [0.15, 0.2) is 14.4 Å². The molecule has 2 atom stereocenters. The van der Waals surface area contributed by atoms with Crippen molar-refractivity contribution < 1.29 is 23.9 Å². The first-order valence-electron chi connectivity index (χ1n) is 7.11. The summed E-state index contributed by atoms with van der Waals surface area (Å²) in [5, 5.41) is 12.8. The second-order valence-corrected chi connectivity index (χ2v) is 11.7. The number of rotatable bonds is 8. The minimum atomic E-state index is -2.06. The number of amides is 1. The number of hydrogen-bond donors (Lipinski definition) is 2. The molecule has 2 N–H and O–H groups in total. The van der Waals surface area contributed by atoms with Crippen LogP contribution >= 0.6 is 0 Å². The zero-order valence-corrected chi connectivity index (χ0v) is 15.1. The molecule has 0 aromatic heterocycles. The summed E-state index contributed by atoms with van der Waals surface area (Å²) in [4.78, 5) is 22.5. The standard InChI is InChI=1S/C14H29NO5Si/c1-8-19-12(17)11(15-10-16)14(5,18)9-20-21(6,7)13(2,3)4/h10-11,18H,8-9H2,1-7H3,(H,15,16)/t11-,14-/m0/s1. The van der Waals surface area contributed by atoms with Crippen molar-refractivity contribution in [3.05, 3.63) is 0 Å². The molecule has 0 aliphatic rings. The van der Waals surface area contributed by atoms with Gasteiger partial charge >= 0.3 is 5.97 Å². The molecule has 7 heteroatoms. The average Bonchev–Trinajstić information content (AvgIpc) is 2.32. The van der Waals surface area contributed by atoms with Crippen molar-refractivity contribution in [2.45, 2.75) is 64.4 Å². The number of nitrogens with one attached hydrogen (secondary N) is 1. The summed E-state index contributed by atoms with van der Waals surface area (Å²) in [5.41, 5.74) is -1.54. The van der Waals surface area contributed by atoms with Gasteiger partial charge in [0.05, 0.1) is 13.2 Å². The maximum atomic E-state index is 11.9. The van der Waals surface area contributed by atoms with E-state index in [1.165, 1.54) is 6.92 Å². The normalized spacial score (nSPS) is 16.8. The molecular formula is C14H29NO5Si. The summed E-state index contributed by atoms with van der Waals surface area (Å²) in [7, 11) is -2.06. The Morgan fingerprint density at radius 2 is 1.86 bits per heavy atom. The van der Waals surface area contributed by atoms with Crippen LogP contribution < -0.4 is 5.32 Å². The van der Waals surface area contributed by atoms with E-state index in [0.29, 0.717) is 6.41 Å². The highest BCUT2D eigenvalue weighted by Crippen LogP contribution is 2.37. The van der Waals surface area contributed by atoms with E-state index >= 15 is 0 Å². The highest BCUT2D eigenvalue weighted by atomic mass is 28.4. The topological polar surface area (TPSA) is 84.9 Å². The van der Waals surface area contributed by atoms with Crippen LogP contribution in [0.1, 0.15) is 34.6 Å². The molecule has 0 aromatic carbocycles. The van der Waals surface area contributed by atoms with Crippen LogP contribution in [0.2, 0.25) is 18.1 Å². The fourth-order valence-electron chi connectivity index (χ4n) is 1.42. The first kappa shape index (κ1) is 20.1. The minimum Gasteiger partial charge on any atom is -0.464 e. The number of hydrogen-bond acceptors (Lipinski definition) is 5. The molecule has 21 heavy (non-hydrogen) atoms. The molecule has 6 nitrogen and oxygen atoms in total. The number of carbonyl (C=O) groups is 2. The van der Waals surface area contributed by atoms with Gasteiger partial charge in [0.1, 0.15) is 5.60 Å². The molecular weight excluding hydrogens is 290 g/mol. The summed E-state index contributed by atoms with van der Waals surface area (Å²) in [6.07, 6.45) is 0.377. The Balaban J connectivity index is 4.98. The summed E-state index contributed by atoms with van der Waals surface area (Å²) in [5.74, 6) is -0.673. The highest BCUT2D eigenvalue weighted by molar-refractivity contribution is 6.74. The largest absolute Gasteiger partial charge is 0.464 e. The van der Waals surface area contributed by atoms with E-state index in [2.05, 4.69) is 39.2 Å². The Morgan fingerprint density at radius 1 is 1.33 bits per heavy atom. The summed E-state index contributed by atoms with van der Waals surface area (Å²) < 4.78 is 10.8. The predicted molar refractivity (Wildman–Crippen MR) is 83.4 cm³/mol. The summed E-state index contributed by atoms with van der Waals surface area (Å²) >= 11 is 0. The molecule has 0 aliphatic heterocycles. The van der Waals surface area contributed by atoms with Gasteiger partial charge in [0.2, 0.25) is 6.41 Å². The lowest BCUT2D eigenvalue weighted by atomic mass is 9.98. The molecule has 0 fully saturated rings. The smallest absolute Gasteiger partial charge is 0.331 e. The number of esters is 1. The van der Waals surface area contributed by atoms with E-state index in [4.69, 9.17) is 9.16 Å². The number of aliphatic hydroxyl groups is 1. The van der Waals surface area contributed by atoms with Crippen molar-refractivity contribution in [2.24, 2.45) is 0 Å². The van der Waals surface area contributed by atoms with Gasteiger partial charge in [0.25, 0.3) is 0 Å². The van der Waals surface area contributed by atoms with Crippen molar-refractivity contribution in [1.29, 1.82) is 0 Å². The Kier molecular flexibility index (Phi) is 7.05. The van der Waals surface area contributed by atoms with E-state index in [1.54, 1.807) is 6.92 Å². The van der Waals surface area contributed by atoms with Crippen LogP contribution in [0.4, 0.5) is 0 Å². The van der Waals surface area contributed by atoms with Crippen LogP contribution in [0, 0.1) is 0 Å². The monoisotopic (exact) mass is 319 g/mol. The molecule has 0 aliphatic carbocycles. The lowest BCUT2D eigenvalue weighted by Gasteiger charge is -2.39. The first-order valence-corrected chi connectivity index (χ1v) is 10.0. The molecule has 0 heterocycles. The quantitative estimate of drug-likeness (QED) is 0.402. The van der Waals surface area contributed by atoms with Crippen LogP contribution in [-0.4, -0.2) is 50.7 Å². The maximum Gasteiger partial charge on any atom is 0.331 e. The number of ether oxygens (including phenoxy) is 1. The molecule has 0 radical (unpaired) electrons. The summed E-state index contributed by atoms with van der Waals surface area (Å²) in [6.45, 7) is 13.6. The lowest BCUT2D eigenvalue weighted by Crippen LogP contribution is -2.58. The molecule has 0 unspecified atom stereocenters. The zero-order chi connectivity index (χ0) is 16.9. The second kappa shape index (κ2) is 7.37. The molecule has 0 saturated heterocycles. The van der Waals surface area contributed by atoms with Crippen LogP contribution in [-0.2, 0) is 18.8 Å². The first-order chi connectivity index (χ1) is 9.39. The molecule has 0 saturated carbocycles. The molecule has 0 spiro atoms. The molecule has 0 bridgehead atoms. The maximum absolute atomic E-state index is 11.9. The van der Waals surface area contributed by atoms with Crippen LogP contribution in [0.5, 0.6) is 0 Å². The second-order valence-electron chi connectivity index (χ2n) is 6.88. The van der Waals surface area contributed by atoms with Gasteiger partial charge in [-0.1, -0.05) is 20.8 Å². The molecule has 0 aromatic rings. The van der Waals surface area contributed by atoms with Gasteiger partial charge in [-0.05, 0) is 32.0 Å². The van der Waals surface area contributed by atoms with Crippen LogP contribution in [0.15, 0.2) is 0 Å². The van der Waals surface area contributed by atoms with Crippen molar-refractivity contribution in [2.75, 3.05) is 13.2 Å². The third kappa shape index (κ3) is 5.76. The van der Waals surface area contributed by atoms with Crippen LogP contribution in [0.25, 0.3) is 0 Å². The Labute approximate surface area is 128 Å². The Bertz CT molecular complexity index is 363. The van der Waals surface area contributed by atoms with Crippen molar-refractivity contribution in [3.8, 4) is 0 Å². The Hall–Kier alpha value is -0.923. The zero-order valence-electron chi connectivity index (χ0n) is 14.1. The summed E-state index contributed by atoms with van der Waals surface area (Å²) in [6, 6.07) is -1.15. The van der Waals surface area contributed by atoms with Gasteiger partial charge < -0.3 is 19.6 Å². The highest BCUT2D eigenvalue weighted by Gasteiger charge is 2.43. The molecule has 1 amide bonds. The average molecular weight is 319 g/mol. The van der Waals surface area contributed by atoms with E-state index in [0.717, 1.165) is 0 Å². The van der Waals surface area contributed by atoms with E-state index < -0.39 is 25.9 Å². The van der Waals surface area contributed by atoms with E-state index in [9.17, 15) is 14.7 Å². The minimum absolute atomic E-state index is 0.0133. The van der Waals surface area contributed by atoms with Gasteiger partial charge in [-0.2, -0.15) is 0 Å². The van der Waals surface area contributed by atoms with Gasteiger partial charge in [-0.3, -0.25) is 4.79 Å². The van der Waals surface area contributed by atoms with Crippen molar-refractivity contribution >= 4 is 20.7 Å². The third-order valence-electron chi connectivity index (χ3n) is 3.91.